The highest BCUT2D eigenvalue weighted by Gasteiger charge is 2.35. The lowest BCUT2D eigenvalue weighted by Crippen LogP contribution is -2.11. The van der Waals surface area contributed by atoms with Crippen molar-refractivity contribution in [2.24, 2.45) is 0 Å². The molecule has 4 rings (SSSR count). The van der Waals surface area contributed by atoms with Crippen LogP contribution in [-0.2, 0) is 19.2 Å². The number of hydrogen-bond acceptors (Lipinski definition) is 6. The zero-order chi connectivity index (χ0) is 26.4. The van der Waals surface area contributed by atoms with Gasteiger partial charge in [-0.15, -0.1) is 5.10 Å². The number of benzene rings is 2. The summed E-state index contributed by atoms with van der Waals surface area (Å²) in [5.41, 5.74) is 1.39. The van der Waals surface area contributed by atoms with Crippen LogP contribution < -0.4 is 4.74 Å². The molecule has 1 atom stereocenters. The number of rotatable bonds is 11. The summed E-state index contributed by atoms with van der Waals surface area (Å²) in [6.45, 7) is 5.73. The summed E-state index contributed by atoms with van der Waals surface area (Å²) in [6, 6.07) is 11.3. The van der Waals surface area contributed by atoms with E-state index in [1.807, 2.05) is 30.5 Å². The van der Waals surface area contributed by atoms with Crippen LogP contribution in [0.3, 0.4) is 0 Å². The molecule has 2 heterocycles. The molecule has 0 bridgehead atoms. The SMILES string of the molecule is C=Cc1cccc(C(F)(F)F)c1-c1nc(COc2ccc(C(CCC)n3cc(CCO)nn3)cc2)co1. The summed E-state index contributed by atoms with van der Waals surface area (Å²) in [6.07, 6.45) is 2.15. The van der Waals surface area contributed by atoms with Crippen molar-refractivity contribution >= 4 is 6.08 Å². The summed E-state index contributed by atoms with van der Waals surface area (Å²) in [5.74, 6) is 0.429. The van der Waals surface area contributed by atoms with E-state index in [1.54, 1.807) is 4.68 Å². The van der Waals surface area contributed by atoms with Crippen molar-refractivity contribution in [1.29, 1.82) is 0 Å². The Kier molecular flexibility index (Phi) is 8.08. The fraction of sp³-hybridized carbons (Fsp3) is 0.296. The van der Waals surface area contributed by atoms with Gasteiger partial charge in [0, 0.05) is 19.2 Å². The van der Waals surface area contributed by atoms with E-state index in [4.69, 9.17) is 14.3 Å². The standard InChI is InChI=1S/C27H27F3N4O3/c1-3-6-24(34-15-20(13-14-35)32-33-34)19-9-11-22(12-10-19)36-16-21-17-37-26(31-21)25-18(4-2)7-5-8-23(25)27(28,29)30/h4-5,7-12,15,17,24,35H,2-3,6,13-14,16H2,1H3. The number of nitrogens with zero attached hydrogens (tertiary/aromatic N) is 4. The van der Waals surface area contributed by atoms with Crippen LogP contribution in [0, 0.1) is 0 Å². The molecule has 10 heteroatoms. The molecule has 0 saturated heterocycles. The molecule has 0 spiro atoms. The lowest BCUT2D eigenvalue weighted by atomic mass is 10.0. The third kappa shape index (κ3) is 6.08. The fourth-order valence-corrected chi connectivity index (χ4v) is 4.07. The summed E-state index contributed by atoms with van der Waals surface area (Å²) in [7, 11) is 0. The first-order chi connectivity index (χ1) is 17.8. The number of halogens is 3. The predicted octanol–water partition coefficient (Wildman–Crippen LogP) is 6.10. The lowest BCUT2D eigenvalue weighted by molar-refractivity contribution is -0.137. The summed E-state index contributed by atoms with van der Waals surface area (Å²) in [4.78, 5) is 4.23. The van der Waals surface area contributed by atoms with E-state index in [0.717, 1.165) is 30.2 Å². The highest BCUT2D eigenvalue weighted by atomic mass is 19.4. The first kappa shape index (κ1) is 26.2. The van der Waals surface area contributed by atoms with Gasteiger partial charge in [-0.3, -0.25) is 0 Å². The molecule has 0 aliphatic rings. The van der Waals surface area contributed by atoms with Crippen LogP contribution in [0.15, 0.2) is 65.9 Å². The van der Waals surface area contributed by atoms with Crippen molar-refractivity contribution in [1.82, 2.24) is 20.0 Å². The lowest BCUT2D eigenvalue weighted by Gasteiger charge is -2.17. The van der Waals surface area contributed by atoms with Gasteiger partial charge in [-0.25, -0.2) is 9.67 Å². The molecule has 0 fully saturated rings. The number of hydrogen-bond donors (Lipinski definition) is 1. The molecule has 1 unspecified atom stereocenters. The number of ether oxygens (including phenoxy) is 1. The molecular weight excluding hydrogens is 485 g/mol. The second kappa shape index (κ2) is 11.4. The molecule has 2 aromatic carbocycles. The van der Waals surface area contributed by atoms with Gasteiger partial charge in [0.1, 0.15) is 24.3 Å². The Labute approximate surface area is 212 Å². The zero-order valence-electron chi connectivity index (χ0n) is 20.3. The molecule has 1 N–H and O–H groups in total. The highest BCUT2D eigenvalue weighted by molar-refractivity contribution is 5.73. The zero-order valence-corrected chi connectivity index (χ0v) is 20.3. The Bertz CT molecular complexity index is 1330. The molecule has 37 heavy (non-hydrogen) atoms. The Morgan fingerprint density at radius 2 is 1.95 bits per heavy atom. The van der Waals surface area contributed by atoms with Crippen molar-refractivity contribution in [3.8, 4) is 17.2 Å². The van der Waals surface area contributed by atoms with Crippen LogP contribution in [0.25, 0.3) is 17.5 Å². The maximum absolute atomic E-state index is 13.6. The molecule has 0 aliphatic carbocycles. The summed E-state index contributed by atoms with van der Waals surface area (Å²) in [5, 5.41) is 17.5. The largest absolute Gasteiger partial charge is 0.487 e. The second-order valence-electron chi connectivity index (χ2n) is 8.44. The van der Waals surface area contributed by atoms with E-state index in [-0.39, 0.29) is 36.3 Å². The van der Waals surface area contributed by atoms with E-state index in [1.165, 1.54) is 24.5 Å². The molecular formula is C27H27F3N4O3. The molecule has 4 aromatic rings. The molecule has 0 radical (unpaired) electrons. The molecule has 194 valence electrons. The van der Waals surface area contributed by atoms with Gasteiger partial charge in [-0.05, 0) is 35.7 Å². The molecule has 0 amide bonds. The van der Waals surface area contributed by atoms with E-state index in [0.29, 0.717) is 17.9 Å². The number of aliphatic hydroxyl groups excluding tert-OH is 1. The number of oxazole rings is 1. The first-order valence-corrected chi connectivity index (χ1v) is 11.9. The number of alkyl halides is 3. The van der Waals surface area contributed by atoms with E-state index in [9.17, 15) is 13.2 Å². The monoisotopic (exact) mass is 512 g/mol. The van der Waals surface area contributed by atoms with Crippen molar-refractivity contribution in [3.05, 3.63) is 89.6 Å². The maximum Gasteiger partial charge on any atom is 0.417 e. The average Bonchev–Trinajstić information content (AvgIpc) is 3.55. The Morgan fingerprint density at radius 3 is 2.62 bits per heavy atom. The van der Waals surface area contributed by atoms with Crippen LogP contribution in [-0.4, -0.2) is 31.7 Å². The number of aromatic nitrogens is 4. The van der Waals surface area contributed by atoms with Gasteiger partial charge in [0.05, 0.1) is 22.9 Å². The van der Waals surface area contributed by atoms with Crippen molar-refractivity contribution < 1.29 is 27.4 Å². The van der Waals surface area contributed by atoms with Gasteiger partial charge >= 0.3 is 6.18 Å². The Balaban J connectivity index is 1.47. The fourth-order valence-electron chi connectivity index (χ4n) is 4.07. The summed E-state index contributed by atoms with van der Waals surface area (Å²) >= 11 is 0. The van der Waals surface area contributed by atoms with E-state index < -0.39 is 11.7 Å². The molecule has 0 aliphatic heterocycles. The predicted molar refractivity (Wildman–Crippen MR) is 132 cm³/mol. The van der Waals surface area contributed by atoms with Gasteiger partial charge < -0.3 is 14.3 Å². The molecule has 7 nitrogen and oxygen atoms in total. The first-order valence-electron chi connectivity index (χ1n) is 11.9. The van der Waals surface area contributed by atoms with E-state index in [2.05, 4.69) is 28.8 Å². The quantitative estimate of drug-likeness (QED) is 0.261. The minimum atomic E-state index is -4.57. The van der Waals surface area contributed by atoms with Gasteiger partial charge in [-0.2, -0.15) is 13.2 Å². The van der Waals surface area contributed by atoms with Crippen LogP contribution in [0.4, 0.5) is 13.2 Å². The van der Waals surface area contributed by atoms with Crippen molar-refractivity contribution in [2.75, 3.05) is 6.61 Å². The minimum Gasteiger partial charge on any atom is -0.487 e. The average molecular weight is 513 g/mol. The van der Waals surface area contributed by atoms with Crippen LogP contribution >= 0.6 is 0 Å². The third-order valence-corrected chi connectivity index (χ3v) is 5.85. The highest BCUT2D eigenvalue weighted by Crippen LogP contribution is 2.39. The van der Waals surface area contributed by atoms with Crippen LogP contribution in [0.2, 0.25) is 0 Å². The minimum absolute atomic E-state index is 0.00940. The smallest absolute Gasteiger partial charge is 0.417 e. The Hall–Kier alpha value is -3.92. The van der Waals surface area contributed by atoms with Crippen LogP contribution in [0.1, 0.15) is 53.9 Å². The van der Waals surface area contributed by atoms with Gasteiger partial charge in [0.15, 0.2) is 0 Å². The number of aliphatic hydroxyl groups is 1. The van der Waals surface area contributed by atoms with Crippen molar-refractivity contribution in [2.45, 2.75) is 45.0 Å². The van der Waals surface area contributed by atoms with Crippen LogP contribution in [0.5, 0.6) is 5.75 Å². The molecule has 2 aromatic heterocycles. The van der Waals surface area contributed by atoms with Gasteiger partial charge in [0.25, 0.3) is 0 Å². The third-order valence-electron chi connectivity index (χ3n) is 5.85. The topological polar surface area (TPSA) is 86.2 Å². The Morgan fingerprint density at radius 1 is 1.16 bits per heavy atom. The van der Waals surface area contributed by atoms with Crippen molar-refractivity contribution in [3.63, 3.8) is 0 Å². The van der Waals surface area contributed by atoms with Gasteiger partial charge in [0.2, 0.25) is 5.89 Å². The van der Waals surface area contributed by atoms with Gasteiger partial charge in [-0.1, -0.05) is 55.5 Å². The maximum atomic E-state index is 13.6. The summed E-state index contributed by atoms with van der Waals surface area (Å²) < 4.78 is 53.7. The normalized spacial score (nSPS) is 12.5. The molecule has 0 saturated carbocycles. The van der Waals surface area contributed by atoms with E-state index >= 15 is 0 Å². The second-order valence-corrected chi connectivity index (χ2v) is 8.44.